The van der Waals surface area contributed by atoms with Gasteiger partial charge in [-0.25, -0.2) is 4.98 Å². The standard InChI is InChI=1S/C24H26N2O2/c1-2-7-20(8-3-1)23(11-13-24(14-12-23)27-16-17-28-24)18-26-22-21-9-5-4-6-19(21)10-15-25-22/h1-10,15H,11-14,16-18H2,(H,25,26). The Morgan fingerprint density at radius 1 is 0.821 bits per heavy atom. The topological polar surface area (TPSA) is 43.4 Å². The maximum absolute atomic E-state index is 5.98. The minimum Gasteiger partial charge on any atom is -0.369 e. The molecule has 0 radical (unpaired) electrons. The summed E-state index contributed by atoms with van der Waals surface area (Å²) in [5.74, 6) is 0.609. The third kappa shape index (κ3) is 3.17. The summed E-state index contributed by atoms with van der Waals surface area (Å²) in [6.45, 7) is 2.29. The molecule has 1 saturated heterocycles. The second-order valence-corrected chi connectivity index (χ2v) is 7.99. The van der Waals surface area contributed by atoms with Crippen molar-refractivity contribution in [2.75, 3.05) is 25.1 Å². The molecule has 2 aliphatic rings. The highest BCUT2D eigenvalue weighted by molar-refractivity contribution is 5.91. The van der Waals surface area contributed by atoms with Gasteiger partial charge < -0.3 is 14.8 Å². The molecule has 0 unspecified atom stereocenters. The van der Waals surface area contributed by atoms with Crippen molar-refractivity contribution in [2.24, 2.45) is 0 Å². The van der Waals surface area contributed by atoms with Crippen LogP contribution >= 0.6 is 0 Å². The lowest BCUT2D eigenvalue weighted by Crippen LogP contribution is -2.45. The van der Waals surface area contributed by atoms with Crippen molar-refractivity contribution in [1.29, 1.82) is 0 Å². The summed E-state index contributed by atoms with van der Waals surface area (Å²) in [6.07, 6.45) is 5.83. The average molecular weight is 374 g/mol. The maximum Gasteiger partial charge on any atom is 0.168 e. The average Bonchev–Trinajstić information content (AvgIpc) is 3.23. The van der Waals surface area contributed by atoms with E-state index in [2.05, 4.69) is 71.0 Å². The van der Waals surface area contributed by atoms with Gasteiger partial charge in [0.15, 0.2) is 5.79 Å². The fraction of sp³-hybridized carbons (Fsp3) is 0.375. The fourth-order valence-electron chi connectivity index (χ4n) is 4.77. The van der Waals surface area contributed by atoms with Gasteiger partial charge in [-0.1, -0.05) is 54.6 Å². The number of pyridine rings is 1. The van der Waals surface area contributed by atoms with Crippen LogP contribution in [0, 0.1) is 0 Å². The molecule has 1 aliphatic carbocycles. The summed E-state index contributed by atoms with van der Waals surface area (Å²) in [5.41, 5.74) is 1.44. The van der Waals surface area contributed by atoms with Gasteiger partial charge in [-0.05, 0) is 29.9 Å². The van der Waals surface area contributed by atoms with E-state index in [-0.39, 0.29) is 11.2 Å². The van der Waals surface area contributed by atoms with E-state index in [1.54, 1.807) is 0 Å². The first kappa shape index (κ1) is 17.7. The lowest BCUT2D eigenvalue weighted by Gasteiger charge is -2.44. The third-order valence-electron chi connectivity index (χ3n) is 6.44. The van der Waals surface area contributed by atoms with Gasteiger partial charge in [-0.15, -0.1) is 0 Å². The van der Waals surface area contributed by atoms with Gasteiger partial charge in [-0.2, -0.15) is 0 Å². The minimum absolute atomic E-state index is 0.0560. The predicted octanol–water partition coefficient (Wildman–Crippen LogP) is 4.90. The summed E-state index contributed by atoms with van der Waals surface area (Å²) < 4.78 is 12.0. The highest BCUT2D eigenvalue weighted by atomic mass is 16.7. The molecule has 2 heterocycles. The van der Waals surface area contributed by atoms with E-state index in [0.29, 0.717) is 0 Å². The molecule has 0 atom stereocenters. The van der Waals surface area contributed by atoms with Crippen LogP contribution in [-0.2, 0) is 14.9 Å². The lowest BCUT2D eigenvalue weighted by atomic mass is 9.67. The van der Waals surface area contributed by atoms with E-state index in [9.17, 15) is 0 Å². The molecule has 1 spiro atoms. The zero-order chi connectivity index (χ0) is 18.9. The van der Waals surface area contributed by atoms with Crippen LogP contribution in [0.1, 0.15) is 31.2 Å². The molecule has 144 valence electrons. The number of nitrogens with one attached hydrogen (secondary N) is 1. The number of rotatable bonds is 4. The number of aromatic nitrogens is 1. The van der Waals surface area contributed by atoms with Crippen molar-refractivity contribution < 1.29 is 9.47 Å². The number of anilines is 1. The summed E-state index contributed by atoms with van der Waals surface area (Å²) in [5, 5.41) is 6.06. The Morgan fingerprint density at radius 3 is 2.32 bits per heavy atom. The Morgan fingerprint density at radius 2 is 1.54 bits per heavy atom. The zero-order valence-electron chi connectivity index (χ0n) is 16.1. The first-order chi connectivity index (χ1) is 13.8. The maximum atomic E-state index is 5.98. The first-order valence-corrected chi connectivity index (χ1v) is 10.2. The molecule has 0 amide bonds. The van der Waals surface area contributed by atoms with Crippen LogP contribution in [0.25, 0.3) is 10.8 Å². The molecule has 4 nitrogen and oxygen atoms in total. The van der Waals surface area contributed by atoms with E-state index >= 15 is 0 Å². The van der Waals surface area contributed by atoms with E-state index in [1.165, 1.54) is 16.3 Å². The molecule has 1 saturated carbocycles. The summed E-state index contributed by atoms with van der Waals surface area (Å²) in [7, 11) is 0. The number of hydrogen-bond donors (Lipinski definition) is 1. The van der Waals surface area contributed by atoms with Gasteiger partial charge in [0.1, 0.15) is 5.82 Å². The molecule has 0 bridgehead atoms. The number of benzene rings is 2. The molecular formula is C24H26N2O2. The van der Waals surface area contributed by atoms with Crippen LogP contribution in [0.2, 0.25) is 0 Å². The minimum atomic E-state index is -0.351. The second-order valence-electron chi connectivity index (χ2n) is 7.99. The van der Waals surface area contributed by atoms with Crippen molar-refractivity contribution in [3.63, 3.8) is 0 Å². The van der Waals surface area contributed by atoms with E-state index in [4.69, 9.17) is 9.47 Å². The fourth-order valence-corrected chi connectivity index (χ4v) is 4.77. The summed E-state index contributed by atoms with van der Waals surface area (Å²) in [4.78, 5) is 4.63. The Labute approximate surface area is 165 Å². The van der Waals surface area contributed by atoms with E-state index in [1.807, 2.05) is 6.20 Å². The summed E-state index contributed by atoms with van der Waals surface area (Å²) >= 11 is 0. The zero-order valence-corrected chi connectivity index (χ0v) is 16.1. The van der Waals surface area contributed by atoms with Crippen molar-refractivity contribution in [3.8, 4) is 0 Å². The molecule has 28 heavy (non-hydrogen) atoms. The van der Waals surface area contributed by atoms with Crippen molar-refractivity contribution in [3.05, 3.63) is 72.4 Å². The SMILES string of the molecule is c1ccc(C2(CNc3nccc4ccccc34)CCC3(CC2)OCCO3)cc1. The Balaban J connectivity index is 1.43. The number of ether oxygens (including phenoxy) is 2. The van der Waals surface area contributed by atoms with Gasteiger partial charge in [0.05, 0.1) is 13.2 Å². The van der Waals surface area contributed by atoms with Crippen LogP contribution < -0.4 is 5.32 Å². The van der Waals surface area contributed by atoms with Crippen molar-refractivity contribution in [2.45, 2.75) is 36.9 Å². The normalized spacial score (nSPS) is 20.4. The highest BCUT2D eigenvalue weighted by Crippen LogP contribution is 2.46. The van der Waals surface area contributed by atoms with Gasteiger partial charge in [0.25, 0.3) is 0 Å². The van der Waals surface area contributed by atoms with Crippen molar-refractivity contribution in [1.82, 2.24) is 4.98 Å². The smallest absolute Gasteiger partial charge is 0.168 e. The van der Waals surface area contributed by atoms with Crippen molar-refractivity contribution >= 4 is 16.6 Å². The van der Waals surface area contributed by atoms with Gasteiger partial charge >= 0.3 is 0 Å². The summed E-state index contributed by atoms with van der Waals surface area (Å²) in [6, 6.07) is 21.3. The third-order valence-corrected chi connectivity index (χ3v) is 6.44. The first-order valence-electron chi connectivity index (χ1n) is 10.2. The van der Waals surface area contributed by atoms with Gasteiger partial charge in [0, 0.05) is 36.4 Å². The van der Waals surface area contributed by atoms with Crippen LogP contribution in [0.15, 0.2) is 66.9 Å². The molecule has 1 aromatic heterocycles. The molecule has 1 aliphatic heterocycles. The predicted molar refractivity (Wildman–Crippen MR) is 111 cm³/mol. The quantitative estimate of drug-likeness (QED) is 0.705. The van der Waals surface area contributed by atoms with Gasteiger partial charge in [0.2, 0.25) is 0 Å². The van der Waals surface area contributed by atoms with Crippen LogP contribution in [0.5, 0.6) is 0 Å². The Kier molecular flexibility index (Phi) is 4.53. The largest absolute Gasteiger partial charge is 0.369 e. The number of nitrogens with zero attached hydrogens (tertiary/aromatic N) is 1. The number of fused-ring (bicyclic) bond motifs is 1. The van der Waals surface area contributed by atoms with E-state index < -0.39 is 0 Å². The number of hydrogen-bond acceptors (Lipinski definition) is 4. The lowest BCUT2D eigenvalue weighted by molar-refractivity contribution is -0.184. The van der Waals surface area contributed by atoms with Crippen LogP contribution in [0.4, 0.5) is 5.82 Å². The molecule has 5 rings (SSSR count). The highest BCUT2D eigenvalue weighted by Gasteiger charge is 2.46. The molecule has 2 aromatic carbocycles. The molecule has 2 fully saturated rings. The molecule has 1 N–H and O–H groups in total. The molecular weight excluding hydrogens is 348 g/mol. The van der Waals surface area contributed by atoms with E-state index in [0.717, 1.165) is 51.3 Å². The Hall–Kier alpha value is -2.43. The monoisotopic (exact) mass is 374 g/mol. The van der Waals surface area contributed by atoms with Gasteiger partial charge in [-0.3, -0.25) is 0 Å². The Bertz CT molecular complexity index is 936. The molecule has 4 heteroatoms. The van der Waals surface area contributed by atoms with Crippen LogP contribution in [-0.4, -0.2) is 30.5 Å². The van der Waals surface area contributed by atoms with Crippen LogP contribution in [0.3, 0.4) is 0 Å². The molecule has 3 aromatic rings. The second kappa shape index (κ2) is 7.19.